The van der Waals surface area contributed by atoms with Crippen molar-refractivity contribution >= 4 is 21.7 Å². The molecule has 0 fully saturated rings. The van der Waals surface area contributed by atoms with Crippen molar-refractivity contribution in [2.75, 3.05) is 0 Å². The second-order valence-electron chi connectivity index (χ2n) is 4.62. The van der Waals surface area contributed by atoms with Gasteiger partial charge in [-0.05, 0) is 62.2 Å². The van der Waals surface area contributed by atoms with Crippen molar-refractivity contribution in [1.82, 2.24) is 0 Å². The molecule has 0 amide bonds. The van der Waals surface area contributed by atoms with Crippen LogP contribution in [0.4, 0.5) is 0 Å². The van der Waals surface area contributed by atoms with Crippen LogP contribution in [0.2, 0.25) is 0 Å². The standard InChI is InChI=1S/C16H15BrO2/c1-10-6-11(2)8-14(7-10)19-16-9-13(17)4-5-15(16)12(3)18/h4-9H,1-3H3. The Kier molecular flexibility index (Phi) is 4.05. The molecular formula is C16H15BrO2. The third-order valence-corrected chi connectivity index (χ3v) is 3.24. The maximum atomic E-state index is 11.6. The van der Waals surface area contributed by atoms with Crippen LogP contribution in [-0.2, 0) is 0 Å². The van der Waals surface area contributed by atoms with Crippen LogP contribution in [0.5, 0.6) is 11.5 Å². The zero-order valence-electron chi connectivity index (χ0n) is 11.2. The van der Waals surface area contributed by atoms with Crippen LogP contribution in [0.25, 0.3) is 0 Å². The van der Waals surface area contributed by atoms with Crippen molar-refractivity contribution in [3.63, 3.8) is 0 Å². The number of carbonyl (C=O) groups excluding carboxylic acids is 1. The zero-order valence-corrected chi connectivity index (χ0v) is 12.7. The summed E-state index contributed by atoms with van der Waals surface area (Å²) in [5.74, 6) is 1.32. The first kappa shape index (κ1) is 13.8. The fourth-order valence-corrected chi connectivity index (χ4v) is 2.33. The Morgan fingerprint density at radius 3 is 2.26 bits per heavy atom. The highest BCUT2D eigenvalue weighted by Gasteiger charge is 2.10. The van der Waals surface area contributed by atoms with E-state index in [1.54, 1.807) is 6.07 Å². The Labute approximate surface area is 121 Å². The maximum Gasteiger partial charge on any atom is 0.163 e. The Morgan fingerprint density at radius 1 is 1.05 bits per heavy atom. The largest absolute Gasteiger partial charge is 0.457 e. The molecule has 0 aromatic heterocycles. The number of ether oxygens (including phenoxy) is 1. The fourth-order valence-electron chi connectivity index (χ4n) is 1.99. The van der Waals surface area contributed by atoms with E-state index < -0.39 is 0 Å². The minimum absolute atomic E-state index is 0.00752. The lowest BCUT2D eigenvalue weighted by Crippen LogP contribution is -1.97. The molecule has 0 radical (unpaired) electrons. The Bertz CT molecular complexity index is 612. The summed E-state index contributed by atoms with van der Waals surface area (Å²) in [5, 5.41) is 0. The highest BCUT2D eigenvalue weighted by molar-refractivity contribution is 9.10. The van der Waals surface area contributed by atoms with Gasteiger partial charge in [0.1, 0.15) is 11.5 Å². The summed E-state index contributed by atoms with van der Waals surface area (Å²) < 4.78 is 6.75. The number of benzene rings is 2. The average molecular weight is 319 g/mol. The summed E-state index contributed by atoms with van der Waals surface area (Å²) in [5.41, 5.74) is 2.85. The predicted molar refractivity (Wildman–Crippen MR) is 80.1 cm³/mol. The molecule has 2 aromatic carbocycles. The normalized spacial score (nSPS) is 10.3. The van der Waals surface area contributed by atoms with E-state index in [1.807, 2.05) is 38.1 Å². The first-order valence-corrected chi connectivity index (χ1v) is 6.81. The number of halogens is 1. The zero-order chi connectivity index (χ0) is 14.0. The maximum absolute atomic E-state index is 11.6. The van der Waals surface area contributed by atoms with Crippen molar-refractivity contribution < 1.29 is 9.53 Å². The molecule has 2 nitrogen and oxygen atoms in total. The molecule has 0 bridgehead atoms. The molecule has 0 spiro atoms. The summed E-state index contributed by atoms with van der Waals surface area (Å²) in [4.78, 5) is 11.6. The van der Waals surface area contributed by atoms with Crippen LogP contribution < -0.4 is 4.74 Å². The monoisotopic (exact) mass is 318 g/mol. The van der Waals surface area contributed by atoms with Crippen LogP contribution in [0, 0.1) is 13.8 Å². The molecule has 0 atom stereocenters. The van der Waals surface area contributed by atoms with Gasteiger partial charge < -0.3 is 4.74 Å². The lowest BCUT2D eigenvalue weighted by Gasteiger charge is -2.11. The van der Waals surface area contributed by atoms with Gasteiger partial charge in [0.15, 0.2) is 5.78 Å². The summed E-state index contributed by atoms with van der Waals surface area (Å²) in [6.07, 6.45) is 0. The van der Waals surface area contributed by atoms with E-state index >= 15 is 0 Å². The topological polar surface area (TPSA) is 26.3 Å². The third kappa shape index (κ3) is 3.44. The van der Waals surface area contributed by atoms with E-state index in [0.717, 1.165) is 21.3 Å². The van der Waals surface area contributed by atoms with Crippen molar-refractivity contribution in [2.24, 2.45) is 0 Å². The molecule has 0 aliphatic rings. The number of hydrogen-bond acceptors (Lipinski definition) is 2. The summed E-state index contributed by atoms with van der Waals surface area (Å²) in [7, 11) is 0. The second kappa shape index (κ2) is 5.57. The number of carbonyl (C=O) groups is 1. The first-order valence-electron chi connectivity index (χ1n) is 6.02. The Balaban J connectivity index is 2.42. The van der Waals surface area contributed by atoms with E-state index in [1.165, 1.54) is 6.92 Å². The summed E-state index contributed by atoms with van der Waals surface area (Å²) >= 11 is 3.40. The molecule has 2 rings (SSSR count). The van der Waals surface area contributed by atoms with Crippen molar-refractivity contribution in [3.05, 3.63) is 57.6 Å². The molecule has 0 aliphatic carbocycles. The summed E-state index contributed by atoms with van der Waals surface area (Å²) in [6, 6.07) is 11.4. The second-order valence-corrected chi connectivity index (χ2v) is 5.54. The van der Waals surface area contributed by atoms with Gasteiger partial charge in [-0.3, -0.25) is 4.79 Å². The number of Topliss-reactive ketones (excluding diaryl/α,β-unsaturated/α-hetero) is 1. The molecule has 3 heteroatoms. The number of ketones is 1. The Morgan fingerprint density at radius 2 is 1.68 bits per heavy atom. The van der Waals surface area contributed by atoms with E-state index in [-0.39, 0.29) is 5.78 Å². The molecule has 0 heterocycles. The number of rotatable bonds is 3. The number of hydrogen-bond donors (Lipinski definition) is 0. The van der Waals surface area contributed by atoms with E-state index in [9.17, 15) is 4.79 Å². The third-order valence-electron chi connectivity index (χ3n) is 2.75. The van der Waals surface area contributed by atoms with Crippen molar-refractivity contribution in [3.8, 4) is 11.5 Å². The van der Waals surface area contributed by atoms with Gasteiger partial charge in [0.2, 0.25) is 0 Å². The molecule has 98 valence electrons. The van der Waals surface area contributed by atoms with Gasteiger partial charge in [-0.25, -0.2) is 0 Å². The highest BCUT2D eigenvalue weighted by atomic mass is 79.9. The predicted octanol–water partition coefficient (Wildman–Crippen LogP) is 5.06. The average Bonchev–Trinajstić information content (AvgIpc) is 2.26. The van der Waals surface area contributed by atoms with Gasteiger partial charge in [-0.1, -0.05) is 22.0 Å². The van der Waals surface area contributed by atoms with Gasteiger partial charge >= 0.3 is 0 Å². The molecule has 2 aromatic rings. The molecular weight excluding hydrogens is 304 g/mol. The van der Waals surface area contributed by atoms with Crippen LogP contribution in [0.3, 0.4) is 0 Å². The molecule has 0 unspecified atom stereocenters. The van der Waals surface area contributed by atoms with Crippen LogP contribution >= 0.6 is 15.9 Å². The van der Waals surface area contributed by atoms with Crippen molar-refractivity contribution in [2.45, 2.75) is 20.8 Å². The van der Waals surface area contributed by atoms with Gasteiger partial charge in [0.25, 0.3) is 0 Å². The highest BCUT2D eigenvalue weighted by Crippen LogP contribution is 2.30. The molecule has 19 heavy (non-hydrogen) atoms. The smallest absolute Gasteiger partial charge is 0.163 e. The Hall–Kier alpha value is -1.61. The van der Waals surface area contributed by atoms with Crippen LogP contribution in [-0.4, -0.2) is 5.78 Å². The van der Waals surface area contributed by atoms with Crippen molar-refractivity contribution in [1.29, 1.82) is 0 Å². The SMILES string of the molecule is CC(=O)c1ccc(Br)cc1Oc1cc(C)cc(C)c1. The van der Waals surface area contributed by atoms with Gasteiger partial charge in [-0.2, -0.15) is 0 Å². The number of aryl methyl sites for hydroxylation is 2. The quantitative estimate of drug-likeness (QED) is 0.739. The van der Waals surface area contributed by atoms with E-state index in [0.29, 0.717) is 11.3 Å². The fraction of sp³-hybridized carbons (Fsp3) is 0.188. The van der Waals surface area contributed by atoms with Crippen LogP contribution in [0.15, 0.2) is 40.9 Å². The van der Waals surface area contributed by atoms with Crippen LogP contribution in [0.1, 0.15) is 28.4 Å². The molecule has 0 N–H and O–H groups in total. The first-order chi connectivity index (χ1) is 8.95. The van der Waals surface area contributed by atoms with Gasteiger partial charge in [0.05, 0.1) is 5.56 Å². The summed E-state index contributed by atoms with van der Waals surface area (Å²) in [6.45, 7) is 5.58. The lowest BCUT2D eigenvalue weighted by atomic mass is 10.1. The molecule has 0 saturated carbocycles. The minimum atomic E-state index is -0.00752. The minimum Gasteiger partial charge on any atom is -0.457 e. The van der Waals surface area contributed by atoms with Gasteiger partial charge in [-0.15, -0.1) is 0 Å². The van der Waals surface area contributed by atoms with Gasteiger partial charge in [0, 0.05) is 4.47 Å². The molecule has 0 saturated heterocycles. The van der Waals surface area contributed by atoms with E-state index in [4.69, 9.17) is 4.74 Å². The van der Waals surface area contributed by atoms with E-state index in [2.05, 4.69) is 22.0 Å². The lowest BCUT2D eigenvalue weighted by molar-refractivity contribution is 0.101. The molecule has 0 aliphatic heterocycles.